The fourth-order valence-electron chi connectivity index (χ4n) is 8.17. The summed E-state index contributed by atoms with van der Waals surface area (Å²) in [4.78, 5) is 24.4. The number of carbonyl (C=O) groups excluding carboxylic acids is 2. The second-order valence-corrected chi connectivity index (χ2v) is 17.9. The summed E-state index contributed by atoms with van der Waals surface area (Å²) in [5.41, 5.74) is 0. The Labute approximate surface area is 356 Å². The van der Waals surface area contributed by atoms with Gasteiger partial charge in [-0.15, -0.1) is 0 Å². The van der Waals surface area contributed by atoms with Gasteiger partial charge >= 0.3 is 5.97 Å². The second kappa shape index (κ2) is 47.5. The highest BCUT2D eigenvalue weighted by molar-refractivity contribution is 5.76. The number of amides is 1. The third kappa shape index (κ3) is 44.2. The van der Waals surface area contributed by atoms with Crippen LogP contribution < -0.4 is 5.32 Å². The van der Waals surface area contributed by atoms with Crippen molar-refractivity contribution in [2.45, 2.75) is 302 Å². The van der Waals surface area contributed by atoms with E-state index in [-0.39, 0.29) is 18.5 Å². The summed E-state index contributed by atoms with van der Waals surface area (Å²) in [6.07, 6.45) is 52.1. The molecule has 3 N–H and O–H groups in total. The molecule has 2 atom stereocenters. The zero-order valence-corrected chi connectivity index (χ0v) is 38.6. The first kappa shape index (κ1) is 55.9. The number of rotatable bonds is 48. The lowest BCUT2D eigenvalue weighted by Gasteiger charge is -2.22. The molecule has 57 heavy (non-hydrogen) atoms. The van der Waals surface area contributed by atoms with Crippen LogP contribution in [0.25, 0.3) is 0 Å². The molecule has 0 aromatic rings. The Kier molecular flexibility index (Phi) is 46.6. The molecule has 0 radical (unpaired) electrons. The van der Waals surface area contributed by atoms with Gasteiger partial charge < -0.3 is 20.3 Å². The number of ether oxygens (including phenoxy) is 1. The third-order valence-electron chi connectivity index (χ3n) is 12.2. The predicted octanol–water partition coefficient (Wildman–Crippen LogP) is 15.2. The molecule has 0 spiro atoms. The van der Waals surface area contributed by atoms with Crippen molar-refractivity contribution in [2.24, 2.45) is 0 Å². The molecule has 340 valence electrons. The van der Waals surface area contributed by atoms with Crippen LogP contribution in [0.3, 0.4) is 0 Å². The Morgan fingerprint density at radius 3 is 1.07 bits per heavy atom. The molecule has 0 fully saturated rings. The Hall–Kier alpha value is -1.14. The van der Waals surface area contributed by atoms with Gasteiger partial charge in [-0.25, -0.2) is 0 Å². The van der Waals surface area contributed by atoms with Crippen molar-refractivity contribution in [3.05, 3.63) is 0 Å². The number of aliphatic hydroxyl groups is 2. The van der Waals surface area contributed by atoms with Gasteiger partial charge in [-0.05, 0) is 25.7 Å². The van der Waals surface area contributed by atoms with E-state index in [2.05, 4.69) is 19.2 Å². The topological polar surface area (TPSA) is 95.9 Å². The number of unbranched alkanes of at least 4 members (excludes halogenated alkanes) is 37. The number of aliphatic hydroxyl groups excluding tert-OH is 2. The van der Waals surface area contributed by atoms with E-state index in [1.165, 1.54) is 199 Å². The van der Waals surface area contributed by atoms with Gasteiger partial charge in [-0.3, -0.25) is 9.59 Å². The van der Waals surface area contributed by atoms with Gasteiger partial charge in [-0.1, -0.05) is 251 Å². The first-order valence-electron chi connectivity index (χ1n) is 25.8. The van der Waals surface area contributed by atoms with Crippen LogP contribution in [-0.4, -0.2) is 47.4 Å². The van der Waals surface area contributed by atoms with Gasteiger partial charge in [0.1, 0.15) is 0 Å². The second-order valence-electron chi connectivity index (χ2n) is 17.9. The van der Waals surface area contributed by atoms with E-state index < -0.39 is 12.1 Å². The molecule has 0 aliphatic heterocycles. The lowest BCUT2D eigenvalue weighted by atomic mass is 10.0. The molecule has 0 saturated carbocycles. The molecule has 0 aliphatic carbocycles. The van der Waals surface area contributed by atoms with Gasteiger partial charge in [0.25, 0.3) is 0 Å². The average Bonchev–Trinajstić information content (AvgIpc) is 3.21. The normalized spacial score (nSPS) is 12.6. The van der Waals surface area contributed by atoms with Crippen molar-refractivity contribution in [2.75, 3.05) is 13.2 Å². The van der Waals surface area contributed by atoms with Crippen molar-refractivity contribution in [3.63, 3.8) is 0 Å². The van der Waals surface area contributed by atoms with Gasteiger partial charge in [0.15, 0.2) is 0 Å². The standard InChI is InChI=1S/C51H101NO5/c1-3-5-7-9-11-13-15-17-18-19-20-23-27-31-35-39-43-49(54)48(47-53)52-50(55)44-40-36-32-28-24-21-22-26-30-34-38-42-46-57-51(56)45-41-37-33-29-25-16-14-12-10-8-6-4-2/h48-49,53-54H,3-47H2,1-2H3,(H,52,55). The number of esters is 1. The lowest BCUT2D eigenvalue weighted by molar-refractivity contribution is -0.143. The summed E-state index contributed by atoms with van der Waals surface area (Å²) in [5.74, 6) is -0.0559. The Bertz CT molecular complexity index is 806. The van der Waals surface area contributed by atoms with Gasteiger partial charge in [0.2, 0.25) is 5.91 Å². The van der Waals surface area contributed by atoms with E-state index in [1.54, 1.807) is 0 Å². The molecule has 0 rings (SSSR count). The quantitative estimate of drug-likeness (QED) is 0.0420. The lowest BCUT2D eigenvalue weighted by Crippen LogP contribution is -2.45. The Balaban J connectivity index is 3.45. The zero-order chi connectivity index (χ0) is 41.5. The predicted molar refractivity (Wildman–Crippen MR) is 246 cm³/mol. The number of nitrogens with one attached hydrogen (secondary N) is 1. The van der Waals surface area contributed by atoms with Crippen LogP contribution in [0.5, 0.6) is 0 Å². The molecule has 0 heterocycles. The zero-order valence-electron chi connectivity index (χ0n) is 38.6. The number of hydrogen-bond donors (Lipinski definition) is 3. The molecule has 0 bridgehead atoms. The van der Waals surface area contributed by atoms with E-state index in [1.807, 2.05) is 0 Å². The van der Waals surface area contributed by atoms with Crippen molar-refractivity contribution >= 4 is 11.9 Å². The minimum atomic E-state index is -0.672. The molecular weight excluding hydrogens is 707 g/mol. The minimum Gasteiger partial charge on any atom is -0.466 e. The molecule has 0 saturated heterocycles. The van der Waals surface area contributed by atoms with Crippen molar-refractivity contribution < 1.29 is 24.5 Å². The van der Waals surface area contributed by atoms with Gasteiger partial charge in [0, 0.05) is 12.8 Å². The average molecular weight is 808 g/mol. The van der Waals surface area contributed by atoms with E-state index in [9.17, 15) is 19.8 Å². The van der Waals surface area contributed by atoms with Crippen LogP contribution in [0.4, 0.5) is 0 Å². The molecule has 0 aliphatic rings. The fraction of sp³-hybridized carbons (Fsp3) is 0.961. The van der Waals surface area contributed by atoms with Crippen LogP contribution in [0, 0.1) is 0 Å². The molecule has 0 aromatic heterocycles. The highest BCUT2D eigenvalue weighted by Crippen LogP contribution is 2.17. The summed E-state index contributed by atoms with van der Waals surface area (Å²) in [7, 11) is 0. The Morgan fingerprint density at radius 1 is 0.421 bits per heavy atom. The summed E-state index contributed by atoms with van der Waals surface area (Å²) in [5, 5.41) is 23.2. The highest BCUT2D eigenvalue weighted by atomic mass is 16.5. The molecule has 6 nitrogen and oxygen atoms in total. The fourth-order valence-corrected chi connectivity index (χ4v) is 8.17. The summed E-state index contributed by atoms with van der Waals surface area (Å²) in [6.45, 7) is 4.93. The highest BCUT2D eigenvalue weighted by Gasteiger charge is 2.20. The molecule has 0 aromatic carbocycles. The smallest absolute Gasteiger partial charge is 0.305 e. The third-order valence-corrected chi connectivity index (χ3v) is 12.2. The Morgan fingerprint density at radius 2 is 0.719 bits per heavy atom. The number of hydrogen-bond acceptors (Lipinski definition) is 5. The van der Waals surface area contributed by atoms with Gasteiger partial charge in [0.05, 0.1) is 25.4 Å². The van der Waals surface area contributed by atoms with Crippen LogP contribution in [0.1, 0.15) is 290 Å². The van der Waals surface area contributed by atoms with E-state index >= 15 is 0 Å². The molecule has 1 amide bonds. The first-order chi connectivity index (χ1) is 28.0. The molecule has 2 unspecified atom stereocenters. The van der Waals surface area contributed by atoms with Crippen LogP contribution in [0.15, 0.2) is 0 Å². The van der Waals surface area contributed by atoms with E-state index in [4.69, 9.17) is 4.74 Å². The monoisotopic (exact) mass is 808 g/mol. The maximum absolute atomic E-state index is 12.4. The maximum atomic E-state index is 12.4. The first-order valence-corrected chi connectivity index (χ1v) is 25.8. The van der Waals surface area contributed by atoms with Crippen molar-refractivity contribution in [1.29, 1.82) is 0 Å². The van der Waals surface area contributed by atoms with Crippen molar-refractivity contribution in [3.8, 4) is 0 Å². The van der Waals surface area contributed by atoms with E-state index in [0.29, 0.717) is 25.9 Å². The van der Waals surface area contributed by atoms with Crippen LogP contribution in [0.2, 0.25) is 0 Å². The molecular formula is C51H101NO5. The van der Waals surface area contributed by atoms with Crippen molar-refractivity contribution in [1.82, 2.24) is 5.32 Å². The van der Waals surface area contributed by atoms with Crippen LogP contribution >= 0.6 is 0 Å². The minimum absolute atomic E-state index is 0.00782. The number of carbonyl (C=O) groups is 2. The molecule has 6 heteroatoms. The maximum Gasteiger partial charge on any atom is 0.305 e. The van der Waals surface area contributed by atoms with E-state index in [0.717, 1.165) is 57.8 Å². The largest absolute Gasteiger partial charge is 0.466 e. The summed E-state index contributed by atoms with van der Waals surface area (Å²) in [6, 6.07) is -0.551. The van der Waals surface area contributed by atoms with Gasteiger partial charge in [-0.2, -0.15) is 0 Å². The SMILES string of the molecule is CCCCCCCCCCCCCCCCCCC(O)C(CO)NC(=O)CCCCCCCCCCCCCCOC(=O)CCCCCCCCCCCCCC. The summed E-state index contributed by atoms with van der Waals surface area (Å²) < 4.78 is 5.45. The van der Waals surface area contributed by atoms with Crippen LogP contribution in [-0.2, 0) is 14.3 Å². The summed E-state index contributed by atoms with van der Waals surface area (Å²) >= 11 is 0.